The molecule has 17 heavy (non-hydrogen) atoms. The number of aliphatic hydroxyl groups is 1. The average Bonchev–Trinajstić information content (AvgIpc) is 2.29. The number of carbonyl (C=O) groups is 1. The second-order valence-corrected chi connectivity index (χ2v) is 5.45. The molecule has 1 aliphatic rings. The van der Waals surface area contributed by atoms with Gasteiger partial charge in [-0.1, -0.05) is 20.3 Å². The maximum atomic E-state index is 10.6. The van der Waals surface area contributed by atoms with E-state index in [0.29, 0.717) is 13.1 Å². The lowest BCUT2D eigenvalue weighted by molar-refractivity contribution is -0.141. The van der Waals surface area contributed by atoms with Crippen molar-refractivity contribution >= 4 is 5.97 Å². The highest BCUT2D eigenvalue weighted by molar-refractivity contribution is 5.69. The second-order valence-electron chi connectivity index (χ2n) is 5.45. The Balaban J connectivity index is 2.25. The van der Waals surface area contributed by atoms with Gasteiger partial charge in [0.05, 0.1) is 11.5 Å². The molecule has 1 fully saturated rings. The molecule has 1 unspecified atom stereocenters. The Labute approximate surface area is 103 Å². The van der Waals surface area contributed by atoms with Crippen molar-refractivity contribution < 1.29 is 15.0 Å². The number of carboxylic acids is 1. The predicted octanol–water partition coefficient (Wildman–Crippen LogP) is 1.63. The Morgan fingerprint density at radius 1 is 1.47 bits per heavy atom. The van der Waals surface area contributed by atoms with Gasteiger partial charge in [-0.15, -0.1) is 0 Å². The highest BCUT2D eigenvalue weighted by Crippen LogP contribution is 2.33. The average molecular weight is 243 g/mol. The van der Waals surface area contributed by atoms with Gasteiger partial charge in [0.25, 0.3) is 0 Å². The molecular weight excluding hydrogens is 218 g/mol. The smallest absolute Gasteiger partial charge is 0.307 e. The molecule has 1 aliphatic carbocycles. The quantitative estimate of drug-likeness (QED) is 0.663. The van der Waals surface area contributed by atoms with Gasteiger partial charge in [-0.05, 0) is 31.6 Å². The lowest BCUT2D eigenvalue weighted by Crippen LogP contribution is -2.45. The largest absolute Gasteiger partial charge is 0.481 e. The van der Waals surface area contributed by atoms with Crippen LogP contribution in [0.2, 0.25) is 0 Å². The molecule has 0 bridgehead atoms. The van der Waals surface area contributed by atoms with E-state index in [-0.39, 0.29) is 0 Å². The molecule has 0 radical (unpaired) electrons. The number of hydrogen-bond acceptors (Lipinski definition) is 3. The first-order valence-corrected chi connectivity index (χ1v) is 6.63. The molecule has 3 N–H and O–H groups in total. The van der Waals surface area contributed by atoms with Crippen molar-refractivity contribution in [2.45, 2.75) is 51.6 Å². The molecule has 4 nitrogen and oxygen atoms in total. The number of carboxylic acid groups (broad SMARTS) is 1. The zero-order valence-electron chi connectivity index (χ0n) is 10.9. The van der Waals surface area contributed by atoms with Crippen molar-refractivity contribution in [2.75, 3.05) is 13.1 Å². The van der Waals surface area contributed by atoms with Crippen LogP contribution in [0.3, 0.4) is 0 Å². The SMILES string of the molecule is CCC1CCC(O)(CNCC(C)C(=O)O)CC1. The van der Waals surface area contributed by atoms with Crippen LogP contribution in [0.15, 0.2) is 0 Å². The third kappa shape index (κ3) is 4.64. The summed E-state index contributed by atoms with van der Waals surface area (Å²) in [6.07, 6.45) is 5.03. The van der Waals surface area contributed by atoms with Gasteiger partial charge >= 0.3 is 5.97 Å². The van der Waals surface area contributed by atoms with Crippen molar-refractivity contribution in [1.29, 1.82) is 0 Å². The summed E-state index contributed by atoms with van der Waals surface area (Å²) >= 11 is 0. The summed E-state index contributed by atoms with van der Waals surface area (Å²) in [5.41, 5.74) is -0.621. The molecule has 0 aromatic carbocycles. The lowest BCUT2D eigenvalue weighted by Gasteiger charge is -2.36. The van der Waals surface area contributed by atoms with E-state index in [2.05, 4.69) is 12.2 Å². The topological polar surface area (TPSA) is 69.6 Å². The number of rotatable bonds is 6. The molecule has 0 amide bonds. The van der Waals surface area contributed by atoms with E-state index in [0.717, 1.165) is 31.6 Å². The molecule has 0 aliphatic heterocycles. The Morgan fingerprint density at radius 2 is 2.06 bits per heavy atom. The van der Waals surface area contributed by atoms with E-state index >= 15 is 0 Å². The Bertz CT molecular complexity index is 247. The first-order valence-electron chi connectivity index (χ1n) is 6.63. The van der Waals surface area contributed by atoms with E-state index < -0.39 is 17.5 Å². The summed E-state index contributed by atoms with van der Waals surface area (Å²) < 4.78 is 0. The van der Waals surface area contributed by atoms with Crippen molar-refractivity contribution in [3.8, 4) is 0 Å². The van der Waals surface area contributed by atoms with Gasteiger partial charge in [-0.2, -0.15) is 0 Å². The van der Waals surface area contributed by atoms with E-state index in [4.69, 9.17) is 5.11 Å². The van der Waals surface area contributed by atoms with Crippen LogP contribution in [0.1, 0.15) is 46.0 Å². The third-order valence-corrected chi connectivity index (χ3v) is 3.94. The molecule has 4 heteroatoms. The minimum atomic E-state index is -0.792. The molecule has 1 atom stereocenters. The van der Waals surface area contributed by atoms with Crippen LogP contribution >= 0.6 is 0 Å². The Morgan fingerprint density at radius 3 is 2.53 bits per heavy atom. The van der Waals surface area contributed by atoms with Crippen LogP contribution in [0.5, 0.6) is 0 Å². The van der Waals surface area contributed by atoms with Gasteiger partial charge in [0, 0.05) is 13.1 Å². The van der Waals surface area contributed by atoms with E-state index in [1.165, 1.54) is 6.42 Å². The Kier molecular flexibility index (Phi) is 5.40. The standard InChI is InChI=1S/C13H25NO3/c1-3-11-4-6-13(17,7-5-11)9-14-8-10(2)12(15)16/h10-11,14,17H,3-9H2,1-2H3,(H,15,16). The maximum Gasteiger partial charge on any atom is 0.307 e. The summed E-state index contributed by atoms with van der Waals surface area (Å²) in [4.78, 5) is 10.6. The lowest BCUT2D eigenvalue weighted by atomic mass is 9.78. The predicted molar refractivity (Wildman–Crippen MR) is 66.9 cm³/mol. The first-order chi connectivity index (χ1) is 7.97. The van der Waals surface area contributed by atoms with Gasteiger partial charge in [-0.25, -0.2) is 0 Å². The van der Waals surface area contributed by atoms with E-state index in [1.54, 1.807) is 6.92 Å². The minimum Gasteiger partial charge on any atom is -0.481 e. The number of nitrogens with one attached hydrogen (secondary N) is 1. The fraction of sp³-hybridized carbons (Fsp3) is 0.923. The zero-order valence-corrected chi connectivity index (χ0v) is 10.9. The van der Waals surface area contributed by atoms with Crippen LogP contribution < -0.4 is 5.32 Å². The van der Waals surface area contributed by atoms with Crippen LogP contribution in [0.4, 0.5) is 0 Å². The highest BCUT2D eigenvalue weighted by Gasteiger charge is 2.32. The maximum absolute atomic E-state index is 10.6. The Hall–Kier alpha value is -0.610. The minimum absolute atomic E-state index is 0.398. The molecule has 100 valence electrons. The van der Waals surface area contributed by atoms with Crippen LogP contribution in [0.25, 0.3) is 0 Å². The van der Waals surface area contributed by atoms with Crippen molar-refractivity contribution in [1.82, 2.24) is 5.32 Å². The van der Waals surface area contributed by atoms with Gasteiger partial charge in [0.15, 0.2) is 0 Å². The molecule has 1 rings (SSSR count). The summed E-state index contributed by atoms with van der Waals surface area (Å²) in [6, 6.07) is 0. The van der Waals surface area contributed by atoms with Gasteiger partial charge in [0.1, 0.15) is 0 Å². The van der Waals surface area contributed by atoms with E-state index in [1.807, 2.05) is 0 Å². The second kappa shape index (κ2) is 6.36. The fourth-order valence-corrected chi connectivity index (χ4v) is 2.41. The first kappa shape index (κ1) is 14.5. The molecule has 1 saturated carbocycles. The van der Waals surface area contributed by atoms with Gasteiger partial charge < -0.3 is 15.5 Å². The van der Waals surface area contributed by atoms with Gasteiger partial charge in [-0.3, -0.25) is 4.79 Å². The molecule has 0 aromatic rings. The number of aliphatic carboxylic acids is 1. The molecule has 0 heterocycles. The summed E-state index contributed by atoms with van der Waals surface area (Å²) in [7, 11) is 0. The zero-order chi connectivity index (χ0) is 12.9. The molecular formula is C13H25NO3. The summed E-state index contributed by atoms with van der Waals surface area (Å²) in [5.74, 6) is -0.432. The normalized spacial score (nSPS) is 31.1. The van der Waals surface area contributed by atoms with Gasteiger partial charge in [0.2, 0.25) is 0 Å². The molecule has 0 saturated heterocycles. The van der Waals surface area contributed by atoms with Crippen LogP contribution in [-0.4, -0.2) is 34.9 Å². The molecule has 0 aromatic heterocycles. The highest BCUT2D eigenvalue weighted by atomic mass is 16.4. The third-order valence-electron chi connectivity index (χ3n) is 3.94. The van der Waals surface area contributed by atoms with Crippen LogP contribution in [0, 0.1) is 11.8 Å². The van der Waals surface area contributed by atoms with Crippen molar-refractivity contribution in [3.63, 3.8) is 0 Å². The van der Waals surface area contributed by atoms with E-state index in [9.17, 15) is 9.90 Å². The van der Waals surface area contributed by atoms with Crippen molar-refractivity contribution in [3.05, 3.63) is 0 Å². The summed E-state index contributed by atoms with van der Waals surface area (Å²) in [5, 5.41) is 22.2. The molecule has 0 spiro atoms. The fourth-order valence-electron chi connectivity index (χ4n) is 2.41. The summed E-state index contributed by atoms with van der Waals surface area (Å²) in [6.45, 7) is 4.81. The van der Waals surface area contributed by atoms with Crippen molar-refractivity contribution in [2.24, 2.45) is 11.8 Å². The monoisotopic (exact) mass is 243 g/mol. The van der Waals surface area contributed by atoms with Crippen LogP contribution in [-0.2, 0) is 4.79 Å². The number of hydrogen-bond donors (Lipinski definition) is 3.